The zero-order valence-corrected chi connectivity index (χ0v) is 20.3. The first-order valence-corrected chi connectivity index (χ1v) is 12.4. The number of carbonyl (C=O) groups excluding carboxylic acids is 1. The predicted octanol–water partition coefficient (Wildman–Crippen LogP) is 4.23. The Balaban J connectivity index is 1.54. The molecular formula is C27H36O6. The van der Waals surface area contributed by atoms with E-state index in [0.29, 0.717) is 6.61 Å². The van der Waals surface area contributed by atoms with Gasteiger partial charge in [-0.15, -0.1) is 0 Å². The van der Waals surface area contributed by atoms with Crippen LogP contribution < -0.4 is 0 Å². The van der Waals surface area contributed by atoms with Crippen molar-refractivity contribution in [1.82, 2.24) is 0 Å². The number of ether oxygens (including phenoxy) is 3. The predicted molar refractivity (Wildman–Crippen MR) is 120 cm³/mol. The molecule has 5 aliphatic rings. The molecule has 1 N–H and O–H groups in total. The molecule has 3 aliphatic carbocycles. The molecule has 0 spiro atoms. The minimum absolute atomic E-state index is 0.00333. The van der Waals surface area contributed by atoms with Gasteiger partial charge in [-0.05, 0) is 54.7 Å². The zero-order valence-electron chi connectivity index (χ0n) is 20.3. The van der Waals surface area contributed by atoms with Gasteiger partial charge in [0.15, 0.2) is 0 Å². The first-order chi connectivity index (χ1) is 15.7. The summed E-state index contributed by atoms with van der Waals surface area (Å²) < 4.78 is 24.0. The van der Waals surface area contributed by atoms with Crippen molar-refractivity contribution in [2.24, 2.45) is 28.1 Å². The molecule has 6 nitrogen and oxygen atoms in total. The second-order valence-electron chi connectivity index (χ2n) is 11.9. The molecule has 3 heterocycles. The van der Waals surface area contributed by atoms with E-state index < -0.39 is 16.9 Å². The summed E-state index contributed by atoms with van der Waals surface area (Å²) in [5.74, 6) is 0.0740. The van der Waals surface area contributed by atoms with Crippen LogP contribution in [-0.4, -0.2) is 49.2 Å². The van der Waals surface area contributed by atoms with E-state index in [0.717, 1.165) is 19.3 Å². The maximum Gasteiger partial charge on any atom is 0.305 e. The van der Waals surface area contributed by atoms with Gasteiger partial charge in [0.2, 0.25) is 0 Å². The van der Waals surface area contributed by atoms with Crippen molar-refractivity contribution in [2.75, 3.05) is 13.7 Å². The van der Waals surface area contributed by atoms with E-state index in [-0.39, 0.29) is 53.9 Å². The Bertz CT molecular complexity index is 998. The zero-order chi connectivity index (χ0) is 23.3. The van der Waals surface area contributed by atoms with Crippen LogP contribution in [0, 0.1) is 28.1 Å². The number of carbonyl (C=O) groups is 1. The van der Waals surface area contributed by atoms with Gasteiger partial charge >= 0.3 is 5.97 Å². The van der Waals surface area contributed by atoms with Crippen LogP contribution in [-0.2, 0) is 19.0 Å². The van der Waals surface area contributed by atoms with Gasteiger partial charge in [0.05, 0.1) is 50.7 Å². The van der Waals surface area contributed by atoms with Crippen LogP contribution in [0.1, 0.15) is 64.9 Å². The van der Waals surface area contributed by atoms with Crippen molar-refractivity contribution < 1.29 is 28.5 Å². The van der Waals surface area contributed by atoms with E-state index in [9.17, 15) is 9.90 Å². The van der Waals surface area contributed by atoms with Crippen LogP contribution in [0.15, 0.2) is 34.2 Å². The summed E-state index contributed by atoms with van der Waals surface area (Å²) in [5, 5.41) is 11.6. The maximum atomic E-state index is 12.8. The molecule has 180 valence electrons. The molecule has 6 heteroatoms. The van der Waals surface area contributed by atoms with Crippen molar-refractivity contribution in [3.8, 4) is 0 Å². The minimum atomic E-state index is -0.488. The third kappa shape index (κ3) is 2.58. The average Bonchev–Trinajstić information content (AvgIpc) is 3.54. The van der Waals surface area contributed by atoms with Crippen LogP contribution in [0.3, 0.4) is 0 Å². The van der Waals surface area contributed by atoms with Crippen LogP contribution in [0.4, 0.5) is 0 Å². The standard InChI is InChI=1S/C27H36O6/c1-14-16(15-7-9-31-12-15)10-17-21(14)27(4)18(11-20(29)30-5)26(3)19(28)6-8-25(2)13-32-22(23(25)26)24(27)33-17/h7,9,12,16-19,22-24,28H,6,8,10-11,13H2,1-5H3. The topological polar surface area (TPSA) is 78.1 Å². The van der Waals surface area contributed by atoms with Gasteiger partial charge in [0.1, 0.15) is 0 Å². The molecule has 2 aliphatic heterocycles. The lowest BCUT2D eigenvalue weighted by Gasteiger charge is -2.64. The Hall–Kier alpha value is -1.63. The first-order valence-electron chi connectivity index (χ1n) is 12.4. The van der Waals surface area contributed by atoms with Gasteiger partial charge in [0.25, 0.3) is 0 Å². The molecule has 2 saturated heterocycles. The summed E-state index contributed by atoms with van der Waals surface area (Å²) in [7, 11) is 1.46. The number of aliphatic hydroxyl groups is 1. The van der Waals surface area contributed by atoms with E-state index in [1.165, 1.54) is 23.8 Å². The first kappa shape index (κ1) is 21.9. The fraction of sp³-hybridized carbons (Fsp3) is 0.741. The number of allylic oxidation sites excluding steroid dienone is 1. The molecule has 0 aromatic carbocycles. The van der Waals surface area contributed by atoms with Gasteiger partial charge in [-0.25, -0.2) is 0 Å². The molecule has 0 amide bonds. The molecule has 2 saturated carbocycles. The second-order valence-corrected chi connectivity index (χ2v) is 11.9. The lowest BCUT2D eigenvalue weighted by molar-refractivity contribution is -0.226. The highest BCUT2D eigenvalue weighted by Gasteiger charge is 2.75. The third-order valence-corrected chi connectivity index (χ3v) is 10.6. The van der Waals surface area contributed by atoms with Crippen LogP contribution in [0.25, 0.3) is 0 Å². The summed E-state index contributed by atoms with van der Waals surface area (Å²) in [6.45, 7) is 9.68. The largest absolute Gasteiger partial charge is 0.472 e. The van der Waals surface area contributed by atoms with Gasteiger partial charge < -0.3 is 23.7 Å². The van der Waals surface area contributed by atoms with Crippen LogP contribution in [0.2, 0.25) is 0 Å². The van der Waals surface area contributed by atoms with Gasteiger partial charge in [-0.1, -0.05) is 26.3 Å². The Morgan fingerprint density at radius 1 is 1.30 bits per heavy atom. The number of methoxy groups -OCH3 is 1. The lowest BCUT2D eigenvalue weighted by atomic mass is 9.40. The van der Waals surface area contributed by atoms with E-state index in [2.05, 4.69) is 27.7 Å². The molecule has 6 rings (SSSR count). The number of aliphatic hydroxyl groups excluding tert-OH is 1. The van der Waals surface area contributed by atoms with Gasteiger partial charge in [0, 0.05) is 29.1 Å². The smallest absolute Gasteiger partial charge is 0.305 e. The molecule has 1 aromatic rings. The number of hydrogen-bond acceptors (Lipinski definition) is 6. The van der Waals surface area contributed by atoms with Gasteiger partial charge in [-0.2, -0.15) is 0 Å². The SMILES string of the molecule is COC(=O)CC1C2(C)C3=C(C)C(c4ccoc4)CC3OC2C2OCC3(C)CCC(O)C1(C)C23. The van der Waals surface area contributed by atoms with Crippen molar-refractivity contribution in [1.29, 1.82) is 0 Å². The Kier molecular flexibility index (Phi) is 4.61. The highest BCUT2D eigenvalue weighted by Crippen LogP contribution is 2.73. The monoisotopic (exact) mass is 456 g/mol. The lowest BCUT2D eigenvalue weighted by Crippen LogP contribution is -2.68. The summed E-state index contributed by atoms with van der Waals surface area (Å²) in [4.78, 5) is 12.8. The van der Waals surface area contributed by atoms with Crippen molar-refractivity contribution in [3.63, 3.8) is 0 Å². The summed E-state index contributed by atoms with van der Waals surface area (Å²) in [5.41, 5.74) is 2.90. The molecule has 10 atom stereocenters. The molecule has 33 heavy (non-hydrogen) atoms. The summed E-state index contributed by atoms with van der Waals surface area (Å²) in [6.07, 6.45) is 5.69. The van der Waals surface area contributed by atoms with E-state index in [1.807, 2.05) is 12.3 Å². The number of fused-ring (bicyclic) bond motifs is 4. The molecule has 4 fully saturated rings. The summed E-state index contributed by atoms with van der Waals surface area (Å²) in [6, 6.07) is 2.04. The quantitative estimate of drug-likeness (QED) is 0.542. The molecule has 0 bridgehead atoms. The normalized spacial score (nSPS) is 50.2. The maximum absolute atomic E-state index is 12.8. The highest BCUT2D eigenvalue weighted by atomic mass is 16.6. The van der Waals surface area contributed by atoms with Crippen molar-refractivity contribution in [2.45, 2.75) is 83.7 Å². The average molecular weight is 457 g/mol. The van der Waals surface area contributed by atoms with Crippen molar-refractivity contribution >= 4 is 5.97 Å². The Labute approximate surface area is 195 Å². The Morgan fingerprint density at radius 2 is 2.09 bits per heavy atom. The molecule has 1 aromatic heterocycles. The Morgan fingerprint density at radius 3 is 2.79 bits per heavy atom. The highest BCUT2D eigenvalue weighted by molar-refractivity contribution is 5.70. The minimum Gasteiger partial charge on any atom is -0.472 e. The van der Waals surface area contributed by atoms with E-state index in [1.54, 1.807) is 6.26 Å². The number of furan rings is 1. The third-order valence-electron chi connectivity index (χ3n) is 10.6. The molecule has 0 radical (unpaired) electrons. The summed E-state index contributed by atoms with van der Waals surface area (Å²) >= 11 is 0. The van der Waals surface area contributed by atoms with Crippen molar-refractivity contribution in [3.05, 3.63) is 35.3 Å². The molecular weight excluding hydrogens is 420 g/mol. The fourth-order valence-electron chi connectivity index (χ4n) is 9.21. The van der Waals surface area contributed by atoms with E-state index >= 15 is 0 Å². The molecule has 10 unspecified atom stereocenters. The number of hydrogen-bond donors (Lipinski definition) is 1. The number of esters is 1. The van der Waals surface area contributed by atoms with Crippen LogP contribution >= 0.6 is 0 Å². The fourth-order valence-corrected chi connectivity index (χ4v) is 9.21. The van der Waals surface area contributed by atoms with Crippen LogP contribution in [0.5, 0.6) is 0 Å². The second kappa shape index (κ2) is 6.96. The number of rotatable bonds is 3. The van der Waals surface area contributed by atoms with E-state index in [4.69, 9.17) is 18.6 Å². The van der Waals surface area contributed by atoms with Gasteiger partial charge in [-0.3, -0.25) is 4.79 Å².